The summed E-state index contributed by atoms with van der Waals surface area (Å²) in [5, 5.41) is 11.4. The molecule has 7 heteroatoms. The van der Waals surface area contributed by atoms with Gasteiger partial charge in [0.2, 0.25) is 0 Å². The zero-order valence-electron chi connectivity index (χ0n) is 12.6. The van der Waals surface area contributed by atoms with E-state index in [2.05, 4.69) is 27.6 Å². The van der Waals surface area contributed by atoms with E-state index in [9.17, 15) is 14.9 Å². The highest BCUT2D eigenvalue weighted by molar-refractivity contribution is 14.1. The van der Waals surface area contributed by atoms with Crippen molar-refractivity contribution in [2.45, 2.75) is 0 Å². The van der Waals surface area contributed by atoms with Crippen LogP contribution in [0.3, 0.4) is 0 Å². The standard InChI is InChI=1S/C17H12IN3O3/c1-20-16(8-5-11-3-2-4-13(9-11)21(23)24)19-15-7-6-12(18)10-14(15)17(20)22/h2-10H,1H3/b8-5+. The molecule has 2 aromatic carbocycles. The summed E-state index contributed by atoms with van der Waals surface area (Å²) < 4.78 is 2.44. The minimum absolute atomic E-state index is 0.0204. The number of halogens is 1. The number of nitrogens with zero attached hydrogens (tertiary/aromatic N) is 3. The summed E-state index contributed by atoms with van der Waals surface area (Å²) in [7, 11) is 1.65. The van der Waals surface area contributed by atoms with Crippen molar-refractivity contribution < 1.29 is 4.92 Å². The monoisotopic (exact) mass is 433 g/mol. The summed E-state index contributed by atoms with van der Waals surface area (Å²) >= 11 is 2.15. The molecule has 24 heavy (non-hydrogen) atoms. The van der Waals surface area contributed by atoms with E-state index in [0.29, 0.717) is 22.3 Å². The molecule has 0 amide bonds. The number of benzene rings is 2. The molecule has 0 radical (unpaired) electrons. The van der Waals surface area contributed by atoms with Crippen molar-refractivity contribution in [2.75, 3.05) is 0 Å². The van der Waals surface area contributed by atoms with Crippen LogP contribution in [0.4, 0.5) is 5.69 Å². The van der Waals surface area contributed by atoms with Crippen LogP contribution in [0.25, 0.3) is 23.1 Å². The highest BCUT2D eigenvalue weighted by Gasteiger charge is 2.07. The third-order valence-corrected chi connectivity index (χ3v) is 4.25. The molecule has 0 aliphatic heterocycles. The SMILES string of the molecule is Cn1c(/C=C/c2cccc([N+](=O)[O-])c2)nc2ccc(I)cc2c1=O. The van der Waals surface area contributed by atoms with E-state index in [0.717, 1.165) is 3.57 Å². The zero-order valence-corrected chi connectivity index (χ0v) is 14.8. The summed E-state index contributed by atoms with van der Waals surface area (Å²) in [5.74, 6) is 0.486. The van der Waals surface area contributed by atoms with Gasteiger partial charge >= 0.3 is 0 Å². The van der Waals surface area contributed by atoms with Crippen LogP contribution in [0.5, 0.6) is 0 Å². The fourth-order valence-corrected chi connectivity index (χ4v) is 2.81. The Kier molecular flexibility index (Phi) is 4.43. The van der Waals surface area contributed by atoms with E-state index in [4.69, 9.17) is 0 Å². The van der Waals surface area contributed by atoms with Gasteiger partial charge in [0.1, 0.15) is 5.82 Å². The van der Waals surface area contributed by atoms with Crippen LogP contribution in [0, 0.1) is 13.7 Å². The second-order valence-electron chi connectivity index (χ2n) is 5.18. The molecule has 0 fully saturated rings. The minimum Gasteiger partial charge on any atom is -0.296 e. The van der Waals surface area contributed by atoms with Gasteiger partial charge in [-0.2, -0.15) is 0 Å². The first kappa shape index (κ1) is 16.3. The van der Waals surface area contributed by atoms with Crippen molar-refractivity contribution in [2.24, 2.45) is 7.05 Å². The number of non-ortho nitro benzene ring substituents is 1. The quantitative estimate of drug-likeness (QED) is 0.359. The number of hydrogen-bond acceptors (Lipinski definition) is 4. The second kappa shape index (κ2) is 6.52. The summed E-state index contributed by atoms with van der Waals surface area (Å²) in [6.45, 7) is 0. The molecule has 3 aromatic rings. The van der Waals surface area contributed by atoms with E-state index in [1.54, 1.807) is 37.4 Å². The van der Waals surface area contributed by atoms with Gasteiger partial charge in [-0.15, -0.1) is 0 Å². The first-order valence-corrected chi connectivity index (χ1v) is 8.12. The van der Waals surface area contributed by atoms with Crippen LogP contribution in [0.1, 0.15) is 11.4 Å². The lowest BCUT2D eigenvalue weighted by molar-refractivity contribution is -0.384. The van der Waals surface area contributed by atoms with Crippen LogP contribution in [-0.2, 0) is 7.05 Å². The summed E-state index contributed by atoms with van der Waals surface area (Å²) in [6.07, 6.45) is 3.38. The summed E-state index contributed by atoms with van der Waals surface area (Å²) in [4.78, 5) is 27.3. The molecule has 0 aliphatic rings. The lowest BCUT2D eigenvalue weighted by Gasteiger charge is -2.06. The predicted octanol–water partition coefficient (Wildman–Crippen LogP) is 3.62. The molecule has 0 saturated carbocycles. The molecule has 0 unspecified atom stereocenters. The number of nitro benzene ring substituents is 1. The van der Waals surface area contributed by atoms with E-state index in [1.807, 2.05) is 12.1 Å². The average Bonchev–Trinajstić information content (AvgIpc) is 2.57. The van der Waals surface area contributed by atoms with Crippen molar-refractivity contribution in [3.8, 4) is 0 Å². The van der Waals surface area contributed by atoms with E-state index in [-0.39, 0.29) is 11.2 Å². The first-order valence-electron chi connectivity index (χ1n) is 7.04. The maximum atomic E-state index is 12.5. The maximum Gasteiger partial charge on any atom is 0.270 e. The van der Waals surface area contributed by atoms with Gasteiger partial charge in [0.25, 0.3) is 11.2 Å². The topological polar surface area (TPSA) is 78.0 Å². The number of aromatic nitrogens is 2. The van der Waals surface area contributed by atoms with Gasteiger partial charge in [-0.25, -0.2) is 4.98 Å². The van der Waals surface area contributed by atoms with Crippen molar-refractivity contribution in [1.82, 2.24) is 9.55 Å². The van der Waals surface area contributed by atoms with Crippen molar-refractivity contribution in [3.63, 3.8) is 0 Å². The van der Waals surface area contributed by atoms with Crippen molar-refractivity contribution in [1.29, 1.82) is 0 Å². The predicted molar refractivity (Wildman–Crippen MR) is 102 cm³/mol. The Morgan fingerprint density at radius 2 is 2.00 bits per heavy atom. The Labute approximate surface area is 150 Å². The molecule has 0 atom stereocenters. The van der Waals surface area contributed by atoms with E-state index < -0.39 is 4.92 Å². The van der Waals surface area contributed by atoms with E-state index >= 15 is 0 Å². The molecule has 120 valence electrons. The normalized spacial score (nSPS) is 11.2. The molecule has 0 bridgehead atoms. The Morgan fingerprint density at radius 1 is 1.21 bits per heavy atom. The van der Waals surface area contributed by atoms with Crippen molar-refractivity contribution in [3.05, 3.63) is 77.9 Å². The average molecular weight is 433 g/mol. The number of rotatable bonds is 3. The largest absolute Gasteiger partial charge is 0.296 e. The van der Waals surface area contributed by atoms with Gasteiger partial charge < -0.3 is 0 Å². The maximum absolute atomic E-state index is 12.5. The lowest BCUT2D eigenvalue weighted by Crippen LogP contribution is -2.20. The van der Waals surface area contributed by atoms with Crippen LogP contribution >= 0.6 is 22.6 Å². The number of hydrogen-bond donors (Lipinski definition) is 0. The molecular weight excluding hydrogens is 421 g/mol. The molecule has 0 N–H and O–H groups in total. The Balaban J connectivity index is 2.05. The third-order valence-electron chi connectivity index (χ3n) is 3.58. The van der Waals surface area contributed by atoms with Crippen LogP contribution < -0.4 is 5.56 Å². The minimum atomic E-state index is -0.441. The number of nitro groups is 1. The molecule has 0 spiro atoms. The van der Waals surface area contributed by atoms with Gasteiger partial charge in [0, 0.05) is 22.8 Å². The Morgan fingerprint density at radius 3 is 2.75 bits per heavy atom. The highest BCUT2D eigenvalue weighted by Crippen LogP contribution is 2.16. The molecule has 0 saturated heterocycles. The van der Waals surface area contributed by atoms with E-state index in [1.165, 1.54) is 16.7 Å². The highest BCUT2D eigenvalue weighted by atomic mass is 127. The summed E-state index contributed by atoms with van der Waals surface area (Å²) in [5.41, 5.74) is 1.18. The molecule has 6 nitrogen and oxygen atoms in total. The fraction of sp³-hybridized carbons (Fsp3) is 0.0588. The molecule has 0 aliphatic carbocycles. The molecule has 3 rings (SSSR count). The molecular formula is C17H12IN3O3. The van der Waals surface area contributed by atoms with Gasteiger partial charge in [0.05, 0.1) is 15.8 Å². The fourth-order valence-electron chi connectivity index (χ4n) is 2.32. The van der Waals surface area contributed by atoms with Crippen LogP contribution in [0.2, 0.25) is 0 Å². The van der Waals surface area contributed by atoms with Gasteiger partial charge in [-0.1, -0.05) is 18.2 Å². The Hall–Kier alpha value is -2.55. The van der Waals surface area contributed by atoms with Gasteiger partial charge in [-0.05, 0) is 52.4 Å². The zero-order chi connectivity index (χ0) is 17.3. The second-order valence-corrected chi connectivity index (χ2v) is 6.43. The van der Waals surface area contributed by atoms with Crippen LogP contribution in [0.15, 0.2) is 47.3 Å². The smallest absolute Gasteiger partial charge is 0.270 e. The van der Waals surface area contributed by atoms with Gasteiger partial charge in [0.15, 0.2) is 0 Å². The summed E-state index contributed by atoms with van der Waals surface area (Å²) in [6, 6.07) is 11.8. The number of fused-ring (bicyclic) bond motifs is 1. The lowest BCUT2D eigenvalue weighted by atomic mass is 10.2. The first-order chi connectivity index (χ1) is 11.5. The third kappa shape index (κ3) is 3.21. The Bertz CT molecular complexity index is 1040. The molecule has 1 aromatic heterocycles. The van der Waals surface area contributed by atoms with Gasteiger partial charge in [-0.3, -0.25) is 19.5 Å². The van der Waals surface area contributed by atoms with Crippen LogP contribution in [-0.4, -0.2) is 14.5 Å². The molecule has 1 heterocycles. The van der Waals surface area contributed by atoms with Crippen molar-refractivity contribution >= 4 is 51.3 Å².